The minimum Gasteiger partial charge on any atom is -0.370 e. The number of ether oxygens (including phenoxy) is 1. The van der Waals surface area contributed by atoms with Gasteiger partial charge >= 0.3 is 0 Å². The van der Waals surface area contributed by atoms with Crippen molar-refractivity contribution in [3.63, 3.8) is 0 Å². The van der Waals surface area contributed by atoms with Gasteiger partial charge in [-0.1, -0.05) is 44.2 Å². The number of carbonyl (C=O) groups excluding carboxylic acids is 1. The Hall–Kier alpha value is -1.94. The molecule has 2 aromatic rings. The number of rotatable bonds is 7. The summed E-state index contributed by atoms with van der Waals surface area (Å²) in [7, 11) is 1.64. The van der Waals surface area contributed by atoms with E-state index < -0.39 is 0 Å². The van der Waals surface area contributed by atoms with Crippen molar-refractivity contribution >= 4 is 6.29 Å². The normalized spacial score (nSPS) is 12.6. The monoisotopic (exact) mass is 286 g/mol. The number of aromatic nitrogens is 2. The summed E-state index contributed by atoms with van der Waals surface area (Å²) in [5.74, 6) is 0. The average molecular weight is 286 g/mol. The maximum Gasteiger partial charge on any atom is 0.153 e. The lowest BCUT2D eigenvalue weighted by atomic mass is 10.0. The first-order valence-corrected chi connectivity index (χ1v) is 7.37. The summed E-state index contributed by atoms with van der Waals surface area (Å²) >= 11 is 0. The van der Waals surface area contributed by atoms with Gasteiger partial charge in [-0.2, -0.15) is 5.10 Å². The molecule has 0 aliphatic heterocycles. The van der Waals surface area contributed by atoms with Crippen LogP contribution in [0.5, 0.6) is 0 Å². The Balaban J connectivity index is 2.43. The molecule has 0 N–H and O–H groups in total. The molecule has 0 spiro atoms. The minimum atomic E-state index is -0.318. The van der Waals surface area contributed by atoms with E-state index in [1.54, 1.807) is 7.11 Å². The average Bonchev–Trinajstić information content (AvgIpc) is 2.94. The Morgan fingerprint density at radius 2 is 1.90 bits per heavy atom. The topological polar surface area (TPSA) is 44.1 Å². The number of carbonyl (C=O) groups is 1. The SMILES string of the molecule is CCC(CC)n1cc(C=O)c(C(OC)c2ccccc2)n1. The maximum atomic E-state index is 11.4. The van der Waals surface area contributed by atoms with Crippen LogP contribution in [0.25, 0.3) is 0 Å². The molecule has 1 atom stereocenters. The van der Waals surface area contributed by atoms with E-state index in [0.717, 1.165) is 24.7 Å². The van der Waals surface area contributed by atoms with E-state index in [-0.39, 0.29) is 6.10 Å². The summed E-state index contributed by atoms with van der Waals surface area (Å²) in [6, 6.07) is 10.2. The molecular weight excluding hydrogens is 264 g/mol. The van der Waals surface area contributed by atoms with Gasteiger partial charge in [-0.25, -0.2) is 0 Å². The molecule has 112 valence electrons. The zero-order chi connectivity index (χ0) is 15.2. The van der Waals surface area contributed by atoms with Gasteiger partial charge in [-0.05, 0) is 18.4 Å². The number of methoxy groups -OCH3 is 1. The number of benzene rings is 1. The van der Waals surface area contributed by atoms with E-state index in [2.05, 4.69) is 18.9 Å². The molecule has 1 aromatic heterocycles. The molecule has 0 amide bonds. The van der Waals surface area contributed by atoms with Gasteiger partial charge in [0.1, 0.15) is 11.8 Å². The van der Waals surface area contributed by atoms with Crippen molar-refractivity contribution in [1.29, 1.82) is 0 Å². The summed E-state index contributed by atoms with van der Waals surface area (Å²) in [4.78, 5) is 11.4. The molecule has 0 radical (unpaired) electrons. The first-order chi connectivity index (χ1) is 10.2. The Labute approximate surface area is 125 Å². The maximum absolute atomic E-state index is 11.4. The molecule has 0 aliphatic rings. The van der Waals surface area contributed by atoms with Crippen molar-refractivity contribution in [3.05, 3.63) is 53.3 Å². The molecule has 4 nitrogen and oxygen atoms in total. The molecule has 21 heavy (non-hydrogen) atoms. The number of aldehydes is 1. The molecule has 0 fully saturated rings. The number of hydrogen-bond acceptors (Lipinski definition) is 3. The molecular formula is C17H22N2O2. The standard InChI is InChI=1S/C17H22N2O2/c1-4-15(5-2)19-11-14(12-20)16(18-19)17(21-3)13-9-7-6-8-10-13/h6-12,15,17H,4-5H2,1-3H3. The van der Waals surface area contributed by atoms with Crippen molar-refractivity contribution in [2.45, 2.75) is 38.8 Å². The predicted octanol–water partition coefficient (Wildman–Crippen LogP) is 3.79. The van der Waals surface area contributed by atoms with Crippen LogP contribution in [0.3, 0.4) is 0 Å². The third kappa shape index (κ3) is 3.22. The van der Waals surface area contributed by atoms with Gasteiger partial charge in [-0.3, -0.25) is 9.48 Å². The summed E-state index contributed by atoms with van der Waals surface area (Å²) in [5.41, 5.74) is 2.28. The van der Waals surface area contributed by atoms with Crippen LogP contribution < -0.4 is 0 Å². The zero-order valence-electron chi connectivity index (χ0n) is 12.8. The highest BCUT2D eigenvalue weighted by Gasteiger charge is 2.22. The lowest BCUT2D eigenvalue weighted by Crippen LogP contribution is -2.10. The van der Waals surface area contributed by atoms with Gasteiger partial charge in [-0.15, -0.1) is 0 Å². The molecule has 4 heteroatoms. The minimum absolute atomic E-state index is 0.311. The highest BCUT2D eigenvalue weighted by molar-refractivity contribution is 5.76. The van der Waals surface area contributed by atoms with Gasteiger partial charge in [0, 0.05) is 13.3 Å². The van der Waals surface area contributed by atoms with Crippen molar-refractivity contribution in [3.8, 4) is 0 Å². The van der Waals surface area contributed by atoms with Crippen molar-refractivity contribution in [2.75, 3.05) is 7.11 Å². The Morgan fingerprint density at radius 1 is 1.24 bits per heavy atom. The predicted molar refractivity (Wildman–Crippen MR) is 82.5 cm³/mol. The molecule has 1 unspecified atom stereocenters. The number of hydrogen-bond donors (Lipinski definition) is 0. The van der Waals surface area contributed by atoms with Crippen LogP contribution in [0.4, 0.5) is 0 Å². The van der Waals surface area contributed by atoms with Gasteiger partial charge in [0.2, 0.25) is 0 Å². The number of nitrogens with zero attached hydrogens (tertiary/aromatic N) is 2. The fraction of sp³-hybridized carbons (Fsp3) is 0.412. The lowest BCUT2D eigenvalue weighted by Gasteiger charge is -2.15. The van der Waals surface area contributed by atoms with Crippen molar-refractivity contribution in [1.82, 2.24) is 9.78 Å². The Kier molecular flexibility index (Phi) is 5.28. The molecule has 0 saturated heterocycles. The van der Waals surface area contributed by atoms with E-state index >= 15 is 0 Å². The third-order valence-electron chi connectivity index (χ3n) is 3.82. The van der Waals surface area contributed by atoms with E-state index in [1.807, 2.05) is 41.2 Å². The summed E-state index contributed by atoms with van der Waals surface area (Å²) < 4.78 is 7.49. The van der Waals surface area contributed by atoms with Crippen LogP contribution in [0.15, 0.2) is 36.5 Å². The Morgan fingerprint density at radius 3 is 2.43 bits per heavy atom. The van der Waals surface area contributed by atoms with E-state index in [9.17, 15) is 4.79 Å². The van der Waals surface area contributed by atoms with Crippen LogP contribution >= 0.6 is 0 Å². The third-order valence-corrected chi connectivity index (χ3v) is 3.82. The second-order valence-electron chi connectivity index (χ2n) is 5.06. The zero-order valence-corrected chi connectivity index (χ0v) is 12.8. The summed E-state index contributed by atoms with van der Waals surface area (Å²) in [6.45, 7) is 4.25. The van der Waals surface area contributed by atoms with Crippen LogP contribution in [0.1, 0.15) is 60.5 Å². The largest absolute Gasteiger partial charge is 0.370 e. The van der Waals surface area contributed by atoms with Gasteiger partial charge in [0.05, 0.1) is 11.6 Å². The second kappa shape index (κ2) is 7.18. The fourth-order valence-electron chi connectivity index (χ4n) is 2.60. The highest BCUT2D eigenvalue weighted by atomic mass is 16.5. The highest BCUT2D eigenvalue weighted by Crippen LogP contribution is 2.27. The van der Waals surface area contributed by atoms with Crippen LogP contribution in [0, 0.1) is 0 Å². The van der Waals surface area contributed by atoms with Crippen molar-refractivity contribution in [2.24, 2.45) is 0 Å². The quantitative estimate of drug-likeness (QED) is 0.727. The smallest absolute Gasteiger partial charge is 0.153 e. The molecule has 0 saturated carbocycles. The molecule has 1 heterocycles. The molecule has 2 rings (SSSR count). The fourth-order valence-corrected chi connectivity index (χ4v) is 2.60. The van der Waals surface area contributed by atoms with Gasteiger partial charge in [0.15, 0.2) is 6.29 Å². The van der Waals surface area contributed by atoms with Crippen molar-refractivity contribution < 1.29 is 9.53 Å². The van der Waals surface area contributed by atoms with Crippen LogP contribution in [-0.2, 0) is 4.74 Å². The first-order valence-electron chi connectivity index (χ1n) is 7.37. The molecule has 0 aliphatic carbocycles. The van der Waals surface area contributed by atoms with E-state index in [4.69, 9.17) is 4.74 Å². The van der Waals surface area contributed by atoms with Crippen LogP contribution in [-0.4, -0.2) is 23.2 Å². The second-order valence-corrected chi connectivity index (χ2v) is 5.06. The van der Waals surface area contributed by atoms with Gasteiger partial charge < -0.3 is 4.74 Å². The first kappa shape index (κ1) is 15.4. The van der Waals surface area contributed by atoms with Gasteiger partial charge in [0.25, 0.3) is 0 Å². The molecule has 0 bridgehead atoms. The molecule has 1 aromatic carbocycles. The van der Waals surface area contributed by atoms with E-state index in [1.165, 1.54) is 0 Å². The van der Waals surface area contributed by atoms with E-state index in [0.29, 0.717) is 17.3 Å². The lowest BCUT2D eigenvalue weighted by molar-refractivity contribution is 0.110. The Bertz CT molecular complexity index is 574. The van der Waals surface area contributed by atoms with Crippen LogP contribution in [0.2, 0.25) is 0 Å². The summed E-state index contributed by atoms with van der Waals surface area (Å²) in [5, 5.41) is 4.63. The summed E-state index contributed by atoms with van der Waals surface area (Å²) in [6.07, 6.45) is 4.34.